The fourth-order valence-corrected chi connectivity index (χ4v) is 3.56. The second-order valence-corrected chi connectivity index (χ2v) is 7.01. The third-order valence-electron chi connectivity index (χ3n) is 3.42. The number of carbonyl (C=O) groups excluding carboxylic acids is 1. The van der Waals surface area contributed by atoms with Gasteiger partial charge in [0.2, 0.25) is 0 Å². The number of thiazole rings is 1. The molecule has 4 nitrogen and oxygen atoms in total. The molecule has 124 valence electrons. The van der Waals surface area contributed by atoms with Crippen molar-refractivity contribution in [3.8, 4) is 10.6 Å². The van der Waals surface area contributed by atoms with Crippen molar-refractivity contribution < 1.29 is 13.6 Å². The van der Waals surface area contributed by atoms with Crippen LogP contribution >= 0.6 is 27.3 Å². The summed E-state index contributed by atoms with van der Waals surface area (Å²) in [5, 5.41) is 3.67. The van der Waals surface area contributed by atoms with Crippen LogP contribution in [0.1, 0.15) is 21.1 Å². The van der Waals surface area contributed by atoms with E-state index < -0.39 is 0 Å². The Morgan fingerprint density at radius 2 is 2.04 bits per heavy atom. The first-order valence-electron chi connectivity index (χ1n) is 7.28. The van der Waals surface area contributed by atoms with Gasteiger partial charge in [-0.05, 0) is 59.3 Å². The lowest BCUT2D eigenvalue weighted by molar-refractivity contribution is 0.0925. The summed E-state index contributed by atoms with van der Waals surface area (Å²) in [6, 6.07) is 9.57. The van der Waals surface area contributed by atoms with Crippen molar-refractivity contribution in [3.63, 3.8) is 0 Å². The Balaban J connectivity index is 1.61. The molecule has 0 saturated carbocycles. The highest BCUT2D eigenvalue weighted by atomic mass is 79.9. The van der Waals surface area contributed by atoms with Crippen LogP contribution in [0.15, 0.2) is 45.5 Å². The van der Waals surface area contributed by atoms with Crippen molar-refractivity contribution in [3.05, 3.63) is 63.2 Å². The molecule has 0 aliphatic rings. The SMILES string of the molecule is Cc1nc(-c2ccc(F)cc2)sc1CCNC(=O)c1ccc(Br)o1. The predicted molar refractivity (Wildman–Crippen MR) is 94.7 cm³/mol. The monoisotopic (exact) mass is 408 g/mol. The molecule has 2 heterocycles. The molecule has 0 unspecified atom stereocenters. The number of benzene rings is 1. The van der Waals surface area contributed by atoms with Crippen LogP contribution in [-0.2, 0) is 6.42 Å². The topological polar surface area (TPSA) is 55.1 Å². The van der Waals surface area contributed by atoms with Crippen LogP contribution in [0.4, 0.5) is 4.39 Å². The van der Waals surface area contributed by atoms with E-state index >= 15 is 0 Å². The van der Waals surface area contributed by atoms with E-state index in [1.165, 1.54) is 12.1 Å². The van der Waals surface area contributed by atoms with E-state index in [0.717, 1.165) is 21.1 Å². The summed E-state index contributed by atoms with van der Waals surface area (Å²) in [5.74, 6) is -0.240. The van der Waals surface area contributed by atoms with Crippen LogP contribution in [0.25, 0.3) is 10.6 Å². The number of halogens is 2. The van der Waals surface area contributed by atoms with Crippen LogP contribution < -0.4 is 5.32 Å². The molecule has 7 heteroatoms. The first-order chi connectivity index (χ1) is 11.5. The molecule has 0 atom stereocenters. The second-order valence-electron chi connectivity index (χ2n) is 5.14. The zero-order valence-electron chi connectivity index (χ0n) is 12.8. The summed E-state index contributed by atoms with van der Waals surface area (Å²) < 4.78 is 18.7. The minimum absolute atomic E-state index is 0.248. The summed E-state index contributed by atoms with van der Waals surface area (Å²) in [6.07, 6.45) is 0.679. The Labute approximate surface area is 150 Å². The zero-order valence-corrected chi connectivity index (χ0v) is 15.2. The van der Waals surface area contributed by atoms with Crippen molar-refractivity contribution >= 4 is 33.2 Å². The minimum Gasteiger partial charge on any atom is -0.444 e. The maximum absolute atomic E-state index is 13.0. The molecule has 3 aromatic rings. The van der Waals surface area contributed by atoms with Gasteiger partial charge in [0.1, 0.15) is 10.8 Å². The molecular weight excluding hydrogens is 395 g/mol. The predicted octanol–water partition coefficient (Wildman–Crippen LogP) is 4.59. The summed E-state index contributed by atoms with van der Waals surface area (Å²) in [4.78, 5) is 17.5. The fourth-order valence-electron chi connectivity index (χ4n) is 2.19. The molecule has 2 aromatic heterocycles. The molecule has 24 heavy (non-hydrogen) atoms. The second kappa shape index (κ2) is 7.27. The lowest BCUT2D eigenvalue weighted by atomic mass is 10.2. The van der Waals surface area contributed by atoms with E-state index in [4.69, 9.17) is 4.42 Å². The van der Waals surface area contributed by atoms with Gasteiger partial charge >= 0.3 is 0 Å². The number of hydrogen-bond acceptors (Lipinski definition) is 4. The van der Waals surface area contributed by atoms with E-state index in [0.29, 0.717) is 17.6 Å². The summed E-state index contributed by atoms with van der Waals surface area (Å²) in [5.41, 5.74) is 1.81. The molecule has 1 N–H and O–H groups in total. The van der Waals surface area contributed by atoms with E-state index in [2.05, 4.69) is 26.2 Å². The molecule has 1 amide bonds. The maximum atomic E-state index is 13.0. The number of hydrogen-bond donors (Lipinski definition) is 1. The molecule has 3 rings (SSSR count). The summed E-state index contributed by atoms with van der Waals surface area (Å²) in [6.45, 7) is 2.42. The van der Waals surface area contributed by atoms with Crippen molar-refractivity contribution in [2.24, 2.45) is 0 Å². The number of nitrogens with zero attached hydrogens (tertiary/aromatic N) is 1. The molecule has 0 aliphatic heterocycles. The van der Waals surface area contributed by atoms with Gasteiger partial charge in [0, 0.05) is 23.4 Å². The highest BCUT2D eigenvalue weighted by Crippen LogP contribution is 2.28. The summed E-state index contributed by atoms with van der Waals surface area (Å²) >= 11 is 4.72. The number of nitrogens with one attached hydrogen (secondary N) is 1. The van der Waals surface area contributed by atoms with E-state index in [1.54, 1.807) is 35.6 Å². The molecular formula is C17H14BrFN2O2S. The van der Waals surface area contributed by atoms with Gasteiger partial charge in [-0.2, -0.15) is 0 Å². The molecule has 0 bridgehead atoms. The fraction of sp³-hybridized carbons (Fsp3) is 0.176. The summed E-state index contributed by atoms with van der Waals surface area (Å²) in [7, 11) is 0. The van der Waals surface area contributed by atoms with Gasteiger partial charge in [0.05, 0.1) is 5.69 Å². The third kappa shape index (κ3) is 3.91. The first kappa shape index (κ1) is 16.9. The Hall–Kier alpha value is -1.99. The molecule has 0 saturated heterocycles. The van der Waals surface area contributed by atoms with Crippen molar-refractivity contribution in [1.82, 2.24) is 10.3 Å². The van der Waals surface area contributed by atoms with Gasteiger partial charge in [0.15, 0.2) is 10.4 Å². The normalized spacial score (nSPS) is 10.8. The Kier molecular flexibility index (Phi) is 5.11. The largest absolute Gasteiger partial charge is 0.444 e. The average Bonchev–Trinajstić information content (AvgIpc) is 3.14. The molecule has 0 aliphatic carbocycles. The first-order valence-corrected chi connectivity index (χ1v) is 8.89. The van der Waals surface area contributed by atoms with Crippen LogP contribution in [0, 0.1) is 12.7 Å². The van der Waals surface area contributed by atoms with Crippen LogP contribution in [0.5, 0.6) is 0 Å². The Bertz CT molecular complexity index is 858. The van der Waals surface area contributed by atoms with Gasteiger partial charge in [-0.1, -0.05) is 0 Å². The molecule has 0 spiro atoms. The van der Waals surface area contributed by atoms with Gasteiger partial charge in [0.25, 0.3) is 5.91 Å². The highest BCUT2D eigenvalue weighted by molar-refractivity contribution is 9.10. The number of amides is 1. The number of aryl methyl sites for hydroxylation is 1. The maximum Gasteiger partial charge on any atom is 0.287 e. The molecule has 0 fully saturated rings. The molecule has 1 aromatic carbocycles. The Morgan fingerprint density at radius 1 is 1.29 bits per heavy atom. The standard InChI is InChI=1S/C17H14BrFN2O2S/c1-10-14(8-9-20-16(22)13-6-7-15(18)23-13)24-17(21-10)11-2-4-12(19)5-3-11/h2-7H,8-9H2,1H3,(H,20,22). The van der Waals surface area contributed by atoms with E-state index in [1.807, 2.05) is 6.92 Å². The van der Waals surface area contributed by atoms with Crippen LogP contribution in [0.3, 0.4) is 0 Å². The van der Waals surface area contributed by atoms with E-state index in [-0.39, 0.29) is 17.5 Å². The zero-order chi connectivity index (χ0) is 17.1. The third-order valence-corrected chi connectivity index (χ3v) is 5.11. The molecule has 0 radical (unpaired) electrons. The van der Waals surface area contributed by atoms with Crippen molar-refractivity contribution in [1.29, 1.82) is 0 Å². The Morgan fingerprint density at radius 3 is 2.71 bits per heavy atom. The average molecular weight is 409 g/mol. The van der Waals surface area contributed by atoms with Gasteiger partial charge in [-0.25, -0.2) is 9.37 Å². The number of furan rings is 1. The number of rotatable bonds is 5. The van der Waals surface area contributed by atoms with Gasteiger partial charge in [-0.3, -0.25) is 4.79 Å². The minimum atomic E-state index is -0.264. The van der Waals surface area contributed by atoms with Crippen LogP contribution in [0.2, 0.25) is 0 Å². The number of carbonyl (C=O) groups is 1. The quantitative estimate of drug-likeness (QED) is 0.671. The number of aromatic nitrogens is 1. The van der Waals surface area contributed by atoms with Gasteiger partial charge < -0.3 is 9.73 Å². The smallest absolute Gasteiger partial charge is 0.287 e. The lowest BCUT2D eigenvalue weighted by Crippen LogP contribution is -2.25. The van der Waals surface area contributed by atoms with Gasteiger partial charge in [-0.15, -0.1) is 11.3 Å². The van der Waals surface area contributed by atoms with Crippen LogP contribution in [-0.4, -0.2) is 17.4 Å². The van der Waals surface area contributed by atoms with Crippen molar-refractivity contribution in [2.45, 2.75) is 13.3 Å². The lowest BCUT2D eigenvalue weighted by Gasteiger charge is -2.02. The van der Waals surface area contributed by atoms with E-state index in [9.17, 15) is 9.18 Å². The van der Waals surface area contributed by atoms with Crippen molar-refractivity contribution in [2.75, 3.05) is 6.54 Å². The highest BCUT2D eigenvalue weighted by Gasteiger charge is 2.12.